The third-order valence-corrected chi connectivity index (χ3v) is 5.54. The number of esters is 1. The van der Waals surface area contributed by atoms with Gasteiger partial charge < -0.3 is 10.1 Å². The molecule has 0 bridgehead atoms. The van der Waals surface area contributed by atoms with Crippen LogP contribution in [0.5, 0.6) is 0 Å². The van der Waals surface area contributed by atoms with Gasteiger partial charge in [-0.15, -0.1) is 0 Å². The van der Waals surface area contributed by atoms with Crippen molar-refractivity contribution in [1.29, 1.82) is 5.26 Å². The summed E-state index contributed by atoms with van der Waals surface area (Å²) in [6.45, 7) is 1.55. The normalized spacial score (nSPS) is 14.1. The molecule has 3 aromatic rings. The van der Waals surface area contributed by atoms with Gasteiger partial charge in [0.25, 0.3) is 5.91 Å². The quantitative estimate of drug-likeness (QED) is 0.500. The number of aryl methyl sites for hydroxylation is 1. The minimum atomic E-state index is -0.994. The summed E-state index contributed by atoms with van der Waals surface area (Å²) in [6.07, 6.45) is 3.77. The number of carbonyl (C=O) groups is 2. The van der Waals surface area contributed by atoms with E-state index in [2.05, 4.69) is 5.32 Å². The fourth-order valence-corrected chi connectivity index (χ4v) is 3.97. The van der Waals surface area contributed by atoms with Gasteiger partial charge in [0.2, 0.25) is 0 Å². The van der Waals surface area contributed by atoms with Gasteiger partial charge in [0, 0.05) is 16.8 Å². The number of ether oxygens (including phenoxy) is 1. The average Bonchev–Trinajstić information content (AvgIpc) is 3.02. The first kappa shape index (κ1) is 20.5. The number of nitrogens with zero attached hydrogens (tertiary/aromatic N) is 2. The van der Waals surface area contributed by atoms with Gasteiger partial charge in [0.05, 0.1) is 22.7 Å². The number of fused-ring (bicyclic) bond motifs is 2. The number of hydrogen-bond donors (Lipinski definition) is 1. The maximum Gasteiger partial charge on any atom is 0.339 e. The molecular weight excluding hydrogens is 390 g/mol. The van der Waals surface area contributed by atoms with Crippen molar-refractivity contribution in [1.82, 2.24) is 4.98 Å². The van der Waals surface area contributed by atoms with Gasteiger partial charge >= 0.3 is 5.97 Å². The van der Waals surface area contributed by atoms with E-state index in [1.807, 2.05) is 30.3 Å². The molecule has 0 aliphatic heterocycles. The second kappa shape index (κ2) is 8.97. The predicted molar refractivity (Wildman–Crippen MR) is 118 cm³/mol. The molecule has 31 heavy (non-hydrogen) atoms. The number of nitriles is 1. The first-order chi connectivity index (χ1) is 15.1. The number of hydrogen-bond acceptors (Lipinski definition) is 5. The van der Waals surface area contributed by atoms with E-state index in [4.69, 9.17) is 15.0 Å². The molecule has 1 aliphatic carbocycles. The molecule has 0 fully saturated rings. The van der Waals surface area contributed by atoms with Crippen LogP contribution in [-0.2, 0) is 22.4 Å². The van der Waals surface area contributed by atoms with Crippen LogP contribution in [0.25, 0.3) is 10.9 Å². The smallest absolute Gasteiger partial charge is 0.339 e. The van der Waals surface area contributed by atoms with E-state index in [0.29, 0.717) is 16.8 Å². The van der Waals surface area contributed by atoms with Crippen molar-refractivity contribution < 1.29 is 14.3 Å². The van der Waals surface area contributed by atoms with Crippen molar-refractivity contribution in [3.8, 4) is 6.07 Å². The van der Waals surface area contributed by atoms with Crippen LogP contribution >= 0.6 is 0 Å². The van der Waals surface area contributed by atoms with Gasteiger partial charge in [-0.1, -0.05) is 30.7 Å². The van der Waals surface area contributed by atoms with Crippen LogP contribution in [0, 0.1) is 11.3 Å². The number of carbonyl (C=O) groups excluding carboxylic acids is 2. The number of para-hydroxylation sites is 1. The Bertz CT molecular complexity index is 1200. The van der Waals surface area contributed by atoms with Gasteiger partial charge in [-0.25, -0.2) is 4.79 Å². The van der Waals surface area contributed by atoms with Gasteiger partial charge in [-0.05, 0) is 62.4 Å². The number of anilines is 1. The summed E-state index contributed by atoms with van der Waals surface area (Å²) in [5.74, 6) is -0.960. The summed E-state index contributed by atoms with van der Waals surface area (Å²) in [4.78, 5) is 30.6. The minimum absolute atomic E-state index is 0.438. The number of amides is 1. The molecular formula is C25H23N3O3. The zero-order valence-electron chi connectivity index (χ0n) is 17.4. The summed E-state index contributed by atoms with van der Waals surface area (Å²) in [5, 5.41) is 12.5. The topological polar surface area (TPSA) is 92.1 Å². The molecule has 0 unspecified atom stereocenters. The zero-order chi connectivity index (χ0) is 21.8. The summed E-state index contributed by atoms with van der Waals surface area (Å²) < 4.78 is 5.60. The van der Waals surface area contributed by atoms with Crippen LogP contribution in [0.1, 0.15) is 53.4 Å². The van der Waals surface area contributed by atoms with E-state index in [0.717, 1.165) is 54.3 Å². The highest BCUT2D eigenvalue weighted by Gasteiger charge is 2.26. The molecule has 4 rings (SSSR count). The molecule has 0 saturated heterocycles. The summed E-state index contributed by atoms with van der Waals surface area (Å²) >= 11 is 0. The number of pyridine rings is 1. The van der Waals surface area contributed by atoms with Gasteiger partial charge in [0.15, 0.2) is 6.10 Å². The fraction of sp³-hybridized carbons (Fsp3) is 0.280. The van der Waals surface area contributed by atoms with Gasteiger partial charge in [0.1, 0.15) is 0 Å². The van der Waals surface area contributed by atoms with Crippen molar-refractivity contribution in [3.63, 3.8) is 0 Å². The lowest BCUT2D eigenvalue weighted by atomic mass is 9.97. The molecule has 0 saturated carbocycles. The van der Waals surface area contributed by atoms with Crippen LogP contribution in [0.2, 0.25) is 0 Å². The van der Waals surface area contributed by atoms with E-state index >= 15 is 0 Å². The molecule has 1 heterocycles. The molecule has 156 valence electrons. The van der Waals surface area contributed by atoms with Crippen LogP contribution < -0.4 is 5.32 Å². The van der Waals surface area contributed by atoms with Gasteiger partial charge in [-0.3, -0.25) is 9.78 Å². The van der Waals surface area contributed by atoms with E-state index in [1.54, 1.807) is 31.2 Å². The highest BCUT2D eigenvalue weighted by atomic mass is 16.5. The second-order valence-corrected chi connectivity index (χ2v) is 7.72. The SMILES string of the molecule is C[C@@H](OC(=O)c1c2c(nc3ccccc13)CCCCC2)C(=O)Nc1cccc(C#N)c1. The first-order valence-corrected chi connectivity index (χ1v) is 10.5. The lowest BCUT2D eigenvalue weighted by Crippen LogP contribution is -2.30. The third-order valence-electron chi connectivity index (χ3n) is 5.54. The largest absolute Gasteiger partial charge is 0.449 e. The Morgan fingerprint density at radius 3 is 2.74 bits per heavy atom. The van der Waals surface area contributed by atoms with E-state index in [1.165, 1.54) is 0 Å². The lowest BCUT2D eigenvalue weighted by molar-refractivity contribution is -0.123. The molecule has 0 spiro atoms. The summed E-state index contributed by atoms with van der Waals surface area (Å²) in [5.41, 5.74) is 4.10. The van der Waals surface area contributed by atoms with Crippen LogP contribution in [0.3, 0.4) is 0 Å². The molecule has 2 aromatic carbocycles. The Hall–Kier alpha value is -3.72. The standard InChI is InChI=1S/C25H23N3O3/c1-16(24(29)27-18-9-7-8-17(14-18)15-26)31-25(30)23-19-10-3-2-4-12-21(19)28-22-13-6-5-11-20(22)23/h5-9,11,13-14,16H,2-4,10,12H2,1H3,(H,27,29)/t16-/m1/s1. The summed E-state index contributed by atoms with van der Waals surface area (Å²) in [7, 11) is 0. The fourth-order valence-electron chi connectivity index (χ4n) is 3.97. The number of benzene rings is 2. The van der Waals surface area contributed by atoms with Crippen molar-refractivity contribution in [2.45, 2.75) is 45.1 Å². The Balaban J connectivity index is 1.60. The highest BCUT2D eigenvalue weighted by molar-refractivity contribution is 6.06. The molecule has 1 amide bonds. The van der Waals surface area contributed by atoms with Crippen molar-refractivity contribution in [3.05, 3.63) is 70.9 Å². The highest BCUT2D eigenvalue weighted by Crippen LogP contribution is 2.29. The second-order valence-electron chi connectivity index (χ2n) is 7.72. The molecule has 6 nitrogen and oxygen atoms in total. The Morgan fingerprint density at radius 2 is 1.90 bits per heavy atom. The Morgan fingerprint density at radius 1 is 1.10 bits per heavy atom. The molecule has 1 atom stereocenters. The maximum absolute atomic E-state index is 13.2. The predicted octanol–water partition coefficient (Wildman–Crippen LogP) is 4.56. The molecule has 1 aliphatic rings. The monoisotopic (exact) mass is 413 g/mol. The van der Waals surface area contributed by atoms with Gasteiger partial charge in [-0.2, -0.15) is 5.26 Å². The summed E-state index contributed by atoms with van der Waals surface area (Å²) in [6, 6.07) is 16.2. The zero-order valence-corrected chi connectivity index (χ0v) is 17.4. The molecule has 0 radical (unpaired) electrons. The van der Waals surface area contributed by atoms with E-state index in [-0.39, 0.29) is 0 Å². The van der Waals surface area contributed by atoms with Crippen molar-refractivity contribution in [2.75, 3.05) is 5.32 Å². The minimum Gasteiger partial charge on any atom is -0.449 e. The first-order valence-electron chi connectivity index (χ1n) is 10.5. The van der Waals surface area contributed by atoms with Crippen molar-refractivity contribution >= 4 is 28.5 Å². The number of aromatic nitrogens is 1. The number of nitrogens with one attached hydrogen (secondary N) is 1. The maximum atomic E-state index is 13.2. The molecule has 1 N–H and O–H groups in total. The molecule has 1 aromatic heterocycles. The third kappa shape index (κ3) is 4.41. The average molecular weight is 413 g/mol. The van der Waals surface area contributed by atoms with E-state index in [9.17, 15) is 9.59 Å². The molecule has 6 heteroatoms. The van der Waals surface area contributed by atoms with Crippen LogP contribution in [-0.4, -0.2) is 23.0 Å². The van der Waals surface area contributed by atoms with Crippen molar-refractivity contribution in [2.24, 2.45) is 0 Å². The lowest BCUT2D eigenvalue weighted by Gasteiger charge is -2.18. The van der Waals surface area contributed by atoms with Crippen LogP contribution in [0.15, 0.2) is 48.5 Å². The van der Waals surface area contributed by atoms with Crippen LogP contribution in [0.4, 0.5) is 5.69 Å². The number of rotatable bonds is 4. The Labute approximate surface area is 180 Å². The van der Waals surface area contributed by atoms with E-state index < -0.39 is 18.0 Å². The Kier molecular flexibility index (Phi) is 5.94.